The van der Waals surface area contributed by atoms with Gasteiger partial charge in [0.15, 0.2) is 0 Å². The van der Waals surface area contributed by atoms with Crippen molar-refractivity contribution in [1.29, 1.82) is 5.26 Å². The van der Waals surface area contributed by atoms with Gasteiger partial charge >= 0.3 is 0 Å². The summed E-state index contributed by atoms with van der Waals surface area (Å²) in [4.78, 5) is 4.32. The monoisotopic (exact) mass is 267 g/mol. The third-order valence-corrected chi connectivity index (χ3v) is 3.97. The standard InChI is InChI=1S/C16H17N3O/c1-11-12(6-7-20-11)9-19-16-13(8-17)10-18-15-5-3-2-4-14(15)16/h2-5,10-12H,6-7,9H2,1H3,(H,18,19). The molecule has 0 bridgehead atoms. The third-order valence-electron chi connectivity index (χ3n) is 3.97. The van der Waals surface area contributed by atoms with Crippen LogP contribution in [0.2, 0.25) is 0 Å². The lowest BCUT2D eigenvalue weighted by Gasteiger charge is -2.17. The van der Waals surface area contributed by atoms with Crippen LogP contribution in [0, 0.1) is 17.2 Å². The van der Waals surface area contributed by atoms with Gasteiger partial charge in [0.05, 0.1) is 22.9 Å². The molecule has 4 heteroatoms. The zero-order valence-corrected chi connectivity index (χ0v) is 11.5. The van der Waals surface area contributed by atoms with E-state index in [0.29, 0.717) is 11.5 Å². The number of nitriles is 1. The SMILES string of the molecule is CC1OCCC1CNc1c(C#N)cnc2ccccc12. The topological polar surface area (TPSA) is 57.9 Å². The second-order valence-corrected chi connectivity index (χ2v) is 5.18. The molecule has 1 aromatic carbocycles. The molecule has 1 aromatic heterocycles. The first-order valence-corrected chi connectivity index (χ1v) is 6.93. The van der Waals surface area contributed by atoms with Gasteiger partial charge in [0.2, 0.25) is 0 Å². The van der Waals surface area contributed by atoms with E-state index in [9.17, 15) is 5.26 Å². The lowest BCUT2D eigenvalue weighted by Crippen LogP contribution is -2.21. The Balaban J connectivity index is 1.91. The number of hydrogen-bond acceptors (Lipinski definition) is 4. The van der Waals surface area contributed by atoms with E-state index in [1.807, 2.05) is 24.3 Å². The van der Waals surface area contributed by atoms with E-state index in [1.165, 1.54) is 0 Å². The normalized spacial score (nSPS) is 21.8. The Hall–Kier alpha value is -2.12. The first-order chi connectivity index (χ1) is 9.79. The van der Waals surface area contributed by atoms with E-state index in [0.717, 1.165) is 36.2 Å². The van der Waals surface area contributed by atoms with Crippen molar-refractivity contribution in [2.75, 3.05) is 18.5 Å². The molecule has 2 aromatic rings. The highest BCUT2D eigenvalue weighted by Gasteiger charge is 2.24. The Morgan fingerprint density at radius 1 is 1.45 bits per heavy atom. The number of nitrogens with zero attached hydrogens (tertiary/aromatic N) is 2. The maximum atomic E-state index is 9.27. The number of nitrogens with one attached hydrogen (secondary N) is 1. The molecule has 102 valence electrons. The smallest absolute Gasteiger partial charge is 0.103 e. The van der Waals surface area contributed by atoms with Crippen LogP contribution in [0.4, 0.5) is 5.69 Å². The lowest BCUT2D eigenvalue weighted by atomic mass is 10.0. The van der Waals surface area contributed by atoms with Crippen LogP contribution < -0.4 is 5.32 Å². The van der Waals surface area contributed by atoms with Crippen LogP contribution in [0.1, 0.15) is 18.9 Å². The fourth-order valence-corrected chi connectivity index (χ4v) is 2.69. The van der Waals surface area contributed by atoms with Gasteiger partial charge in [-0.05, 0) is 19.4 Å². The van der Waals surface area contributed by atoms with Crippen molar-refractivity contribution in [2.24, 2.45) is 5.92 Å². The van der Waals surface area contributed by atoms with Crippen molar-refractivity contribution in [2.45, 2.75) is 19.4 Å². The van der Waals surface area contributed by atoms with Gasteiger partial charge in [-0.1, -0.05) is 18.2 Å². The number of para-hydroxylation sites is 1. The molecule has 1 N–H and O–H groups in total. The number of benzene rings is 1. The van der Waals surface area contributed by atoms with E-state index in [4.69, 9.17) is 4.74 Å². The second kappa shape index (κ2) is 5.48. The largest absolute Gasteiger partial charge is 0.383 e. The number of aromatic nitrogens is 1. The fourth-order valence-electron chi connectivity index (χ4n) is 2.69. The van der Waals surface area contributed by atoms with Gasteiger partial charge in [0, 0.05) is 30.7 Å². The van der Waals surface area contributed by atoms with Crippen molar-refractivity contribution in [3.8, 4) is 6.07 Å². The van der Waals surface area contributed by atoms with Gasteiger partial charge in [0.25, 0.3) is 0 Å². The van der Waals surface area contributed by atoms with E-state index >= 15 is 0 Å². The molecule has 1 aliphatic heterocycles. The van der Waals surface area contributed by atoms with Crippen LogP contribution in [0.5, 0.6) is 0 Å². The molecule has 0 amide bonds. The molecule has 2 heterocycles. The first-order valence-electron chi connectivity index (χ1n) is 6.93. The van der Waals surface area contributed by atoms with Gasteiger partial charge in [-0.2, -0.15) is 5.26 Å². The maximum absolute atomic E-state index is 9.27. The molecule has 0 aliphatic carbocycles. The average Bonchev–Trinajstić information content (AvgIpc) is 2.90. The summed E-state index contributed by atoms with van der Waals surface area (Å²) in [6, 6.07) is 10.1. The second-order valence-electron chi connectivity index (χ2n) is 5.18. The molecule has 20 heavy (non-hydrogen) atoms. The molecule has 3 rings (SSSR count). The van der Waals surface area contributed by atoms with Crippen LogP contribution in [0.3, 0.4) is 0 Å². The van der Waals surface area contributed by atoms with Gasteiger partial charge in [0.1, 0.15) is 6.07 Å². The predicted molar refractivity (Wildman–Crippen MR) is 78.5 cm³/mol. The highest BCUT2D eigenvalue weighted by Crippen LogP contribution is 2.27. The number of pyridine rings is 1. The summed E-state index contributed by atoms with van der Waals surface area (Å²) in [5.74, 6) is 0.494. The van der Waals surface area contributed by atoms with Crippen LogP contribution in [-0.2, 0) is 4.74 Å². The maximum Gasteiger partial charge on any atom is 0.103 e. The van der Waals surface area contributed by atoms with Crippen LogP contribution in [0.15, 0.2) is 30.5 Å². The molecule has 0 spiro atoms. The first kappa shape index (κ1) is 12.9. The summed E-state index contributed by atoms with van der Waals surface area (Å²) in [6.45, 7) is 3.76. The lowest BCUT2D eigenvalue weighted by molar-refractivity contribution is 0.108. The minimum atomic E-state index is 0.279. The number of rotatable bonds is 3. The highest BCUT2D eigenvalue weighted by atomic mass is 16.5. The Bertz CT molecular complexity index is 662. The fraction of sp³-hybridized carbons (Fsp3) is 0.375. The van der Waals surface area contributed by atoms with Gasteiger partial charge in [-0.15, -0.1) is 0 Å². The molecular weight excluding hydrogens is 250 g/mol. The molecule has 0 saturated carbocycles. The highest BCUT2D eigenvalue weighted by molar-refractivity contribution is 5.93. The predicted octanol–water partition coefficient (Wildman–Crippen LogP) is 2.94. The van der Waals surface area contributed by atoms with Crippen molar-refractivity contribution in [3.63, 3.8) is 0 Å². The summed E-state index contributed by atoms with van der Waals surface area (Å²) in [5, 5.41) is 13.7. The van der Waals surface area contributed by atoms with Crippen LogP contribution in [0.25, 0.3) is 10.9 Å². The van der Waals surface area contributed by atoms with Crippen LogP contribution in [-0.4, -0.2) is 24.2 Å². The molecular formula is C16H17N3O. The molecule has 1 saturated heterocycles. The summed E-state index contributed by atoms with van der Waals surface area (Å²) in [7, 11) is 0. The minimum absolute atomic E-state index is 0.279. The molecule has 2 unspecified atom stereocenters. The summed E-state index contributed by atoms with van der Waals surface area (Å²) in [6.07, 6.45) is 2.99. The van der Waals surface area contributed by atoms with Gasteiger partial charge < -0.3 is 10.1 Å². The summed E-state index contributed by atoms with van der Waals surface area (Å²) < 4.78 is 5.58. The average molecular weight is 267 g/mol. The van der Waals surface area contributed by atoms with Crippen molar-refractivity contribution in [1.82, 2.24) is 4.98 Å². The molecule has 4 nitrogen and oxygen atoms in total. The molecule has 0 radical (unpaired) electrons. The zero-order valence-electron chi connectivity index (χ0n) is 11.5. The Labute approximate surface area is 118 Å². The Morgan fingerprint density at radius 3 is 3.05 bits per heavy atom. The van der Waals surface area contributed by atoms with E-state index in [2.05, 4.69) is 23.3 Å². The Kier molecular flexibility index (Phi) is 3.53. The van der Waals surface area contributed by atoms with Crippen molar-refractivity contribution >= 4 is 16.6 Å². The van der Waals surface area contributed by atoms with Crippen LogP contribution >= 0.6 is 0 Å². The quantitative estimate of drug-likeness (QED) is 0.929. The number of fused-ring (bicyclic) bond motifs is 1. The van der Waals surface area contributed by atoms with E-state index < -0.39 is 0 Å². The molecule has 1 fully saturated rings. The van der Waals surface area contributed by atoms with Crippen molar-refractivity contribution < 1.29 is 4.74 Å². The van der Waals surface area contributed by atoms with Gasteiger partial charge in [-0.25, -0.2) is 0 Å². The third kappa shape index (κ3) is 2.33. The zero-order chi connectivity index (χ0) is 13.9. The van der Waals surface area contributed by atoms with Gasteiger partial charge in [-0.3, -0.25) is 4.98 Å². The minimum Gasteiger partial charge on any atom is -0.383 e. The van der Waals surface area contributed by atoms with E-state index in [1.54, 1.807) is 6.20 Å². The summed E-state index contributed by atoms with van der Waals surface area (Å²) >= 11 is 0. The Morgan fingerprint density at radius 2 is 2.30 bits per heavy atom. The molecule has 2 atom stereocenters. The van der Waals surface area contributed by atoms with Crippen molar-refractivity contribution in [3.05, 3.63) is 36.0 Å². The number of ether oxygens (including phenoxy) is 1. The van der Waals surface area contributed by atoms with E-state index in [-0.39, 0.29) is 6.10 Å². The molecule has 1 aliphatic rings. The number of anilines is 1. The number of hydrogen-bond donors (Lipinski definition) is 1. The summed E-state index contributed by atoms with van der Waals surface area (Å²) in [5.41, 5.74) is 2.39.